The lowest BCUT2D eigenvalue weighted by atomic mass is 9.82. The molecular formula is C14H21FN2. The first kappa shape index (κ1) is 13.7. The third kappa shape index (κ3) is 2.84. The summed E-state index contributed by atoms with van der Waals surface area (Å²) in [6.45, 7) is 9.72. The highest BCUT2D eigenvalue weighted by Crippen LogP contribution is 2.26. The maximum atomic E-state index is 12.9. The summed E-state index contributed by atoms with van der Waals surface area (Å²) in [6.07, 6.45) is 0. The second kappa shape index (κ2) is 5.30. The monoisotopic (exact) mass is 236 g/mol. The van der Waals surface area contributed by atoms with Gasteiger partial charge in [-0.1, -0.05) is 12.1 Å². The molecule has 1 rings (SSSR count). The summed E-state index contributed by atoms with van der Waals surface area (Å²) >= 11 is 0. The molecule has 0 aliphatic rings. The van der Waals surface area contributed by atoms with Crippen LogP contribution in [-0.2, 0) is 5.41 Å². The Morgan fingerprint density at radius 2 is 1.65 bits per heavy atom. The molecule has 0 atom stereocenters. The summed E-state index contributed by atoms with van der Waals surface area (Å²) in [5, 5.41) is 8.27. The SMILES string of the molecule is CCN(CC)C(=N)C(C)(C)c1ccc(F)cc1. The summed E-state index contributed by atoms with van der Waals surface area (Å²) in [5.41, 5.74) is 0.579. The first-order chi connectivity index (χ1) is 7.93. The van der Waals surface area contributed by atoms with E-state index in [1.807, 2.05) is 32.6 Å². The van der Waals surface area contributed by atoms with E-state index in [-0.39, 0.29) is 11.2 Å². The molecule has 0 saturated carbocycles. The molecule has 3 heteroatoms. The van der Waals surface area contributed by atoms with Crippen molar-refractivity contribution in [2.24, 2.45) is 0 Å². The summed E-state index contributed by atoms with van der Waals surface area (Å²) < 4.78 is 12.9. The molecular weight excluding hydrogens is 215 g/mol. The van der Waals surface area contributed by atoms with Crippen molar-refractivity contribution in [2.75, 3.05) is 13.1 Å². The second-order valence-electron chi connectivity index (χ2n) is 4.65. The van der Waals surface area contributed by atoms with E-state index in [9.17, 15) is 4.39 Å². The van der Waals surface area contributed by atoms with E-state index in [1.165, 1.54) is 12.1 Å². The van der Waals surface area contributed by atoms with Gasteiger partial charge in [0.25, 0.3) is 0 Å². The van der Waals surface area contributed by atoms with Crippen LogP contribution in [0.15, 0.2) is 24.3 Å². The van der Waals surface area contributed by atoms with Crippen LogP contribution in [0, 0.1) is 11.2 Å². The quantitative estimate of drug-likeness (QED) is 0.629. The standard InChI is InChI=1S/C14H21FN2/c1-5-17(6-2)13(16)14(3,4)11-7-9-12(15)10-8-11/h7-10,16H,5-6H2,1-4H3. The Bertz CT molecular complexity index is 378. The van der Waals surface area contributed by atoms with Crippen LogP contribution in [0.3, 0.4) is 0 Å². The van der Waals surface area contributed by atoms with Crippen molar-refractivity contribution in [3.05, 3.63) is 35.6 Å². The van der Waals surface area contributed by atoms with Gasteiger partial charge in [-0.15, -0.1) is 0 Å². The van der Waals surface area contributed by atoms with Crippen molar-refractivity contribution in [1.29, 1.82) is 5.41 Å². The number of rotatable bonds is 4. The van der Waals surface area contributed by atoms with Crippen LogP contribution in [0.4, 0.5) is 4.39 Å². The first-order valence-corrected chi connectivity index (χ1v) is 6.03. The van der Waals surface area contributed by atoms with Crippen molar-refractivity contribution in [1.82, 2.24) is 4.90 Å². The maximum Gasteiger partial charge on any atom is 0.123 e. The lowest BCUT2D eigenvalue weighted by Crippen LogP contribution is -2.42. The highest BCUT2D eigenvalue weighted by molar-refractivity contribution is 5.89. The molecule has 0 fully saturated rings. The molecule has 94 valence electrons. The average molecular weight is 236 g/mol. The van der Waals surface area contributed by atoms with Crippen molar-refractivity contribution in [3.8, 4) is 0 Å². The molecule has 17 heavy (non-hydrogen) atoms. The second-order valence-corrected chi connectivity index (χ2v) is 4.65. The van der Waals surface area contributed by atoms with Gasteiger partial charge < -0.3 is 4.90 Å². The zero-order valence-corrected chi connectivity index (χ0v) is 11.0. The smallest absolute Gasteiger partial charge is 0.123 e. The molecule has 1 N–H and O–H groups in total. The van der Waals surface area contributed by atoms with Gasteiger partial charge in [-0.05, 0) is 45.4 Å². The normalized spacial score (nSPS) is 11.4. The van der Waals surface area contributed by atoms with E-state index in [2.05, 4.69) is 0 Å². The van der Waals surface area contributed by atoms with E-state index in [0.29, 0.717) is 5.84 Å². The van der Waals surface area contributed by atoms with Gasteiger partial charge in [-0.3, -0.25) is 5.41 Å². The fraction of sp³-hybridized carbons (Fsp3) is 0.500. The van der Waals surface area contributed by atoms with Crippen LogP contribution in [0.5, 0.6) is 0 Å². The molecule has 0 bridgehead atoms. The molecule has 0 aliphatic carbocycles. The molecule has 0 radical (unpaired) electrons. The van der Waals surface area contributed by atoms with Crippen molar-refractivity contribution in [3.63, 3.8) is 0 Å². The Morgan fingerprint density at radius 3 is 2.06 bits per heavy atom. The van der Waals surface area contributed by atoms with E-state index in [0.717, 1.165) is 18.7 Å². The van der Waals surface area contributed by atoms with E-state index < -0.39 is 0 Å². The Morgan fingerprint density at radius 1 is 1.18 bits per heavy atom. The zero-order chi connectivity index (χ0) is 13.1. The van der Waals surface area contributed by atoms with Gasteiger partial charge in [0, 0.05) is 18.5 Å². The molecule has 0 aliphatic heterocycles. The van der Waals surface area contributed by atoms with Crippen LogP contribution in [0.25, 0.3) is 0 Å². The largest absolute Gasteiger partial charge is 0.360 e. The third-order valence-electron chi connectivity index (χ3n) is 3.24. The Kier molecular flexibility index (Phi) is 4.27. The molecule has 0 unspecified atom stereocenters. The number of nitrogens with one attached hydrogen (secondary N) is 1. The zero-order valence-electron chi connectivity index (χ0n) is 11.0. The summed E-state index contributed by atoms with van der Waals surface area (Å²) in [6, 6.07) is 6.42. The fourth-order valence-corrected chi connectivity index (χ4v) is 1.94. The molecule has 0 saturated heterocycles. The highest BCUT2D eigenvalue weighted by Gasteiger charge is 2.29. The van der Waals surface area contributed by atoms with E-state index in [4.69, 9.17) is 5.41 Å². The fourth-order valence-electron chi connectivity index (χ4n) is 1.94. The predicted molar refractivity (Wildman–Crippen MR) is 70.1 cm³/mol. The molecule has 0 heterocycles. The van der Waals surface area contributed by atoms with Crippen LogP contribution >= 0.6 is 0 Å². The summed E-state index contributed by atoms with van der Waals surface area (Å²) in [4.78, 5) is 2.02. The number of hydrogen-bond acceptors (Lipinski definition) is 1. The number of likely N-dealkylation sites (N-methyl/N-ethyl adjacent to an activating group) is 1. The minimum Gasteiger partial charge on any atom is -0.360 e. The van der Waals surface area contributed by atoms with Gasteiger partial charge >= 0.3 is 0 Å². The molecule has 2 nitrogen and oxygen atoms in total. The highest BCUT2D eigenvalue weighted by atomic mass is 19.1. The average Bonchev–Trinajstić information content (AvgIpc) is 2.31. The lowest BCUT2D eigenvalue weighted by molar-refractivity contribution is 0.423. The number of hydrogen-bond donors (Lipinski definition) is 1. The Hall–Kier alpha value is -1.38. The van der Waals surface area contributed by atoms with Crippen LogP contribution in [0.2, 0.25) is 0 Å². The molecule has 1 aromatic carbocycles. The third-order valence-corrected chi connectivity index (χ3v) is 3.24. The van der Waals surface area contributed by atoms with Crippen LogP contribution in [-0.4, -0.2) is 23.8 Å². The van der Waals surface area contributed by atoms with Gasteiger partial charge in [-0.25, -0.2) is 4.39 Å². The van der Waals surface area contributed by atoms with Crippen LogP contribution < -0.4 is 0 Å². The van der Waals surface area contributed by atoms with Crippen molar-refractivity contribution < 1.29 is 4.39 Å². The topological polar surface area (TPSA) is 27.1 Å². The van der Waals surface area contributed by atoms with Gasteiger partial charge in [0.1, 0.15) is 11.7 Å². The first-order valence-electron chi connectivity index (χ1n) is 6.03. The van der Waals surface area contributed by atoms with Gasteiger partial charge in [0.05, 0.1) is 0 Å². The number of benzene rings is 1. The van der Waals surface area contributed by atoms with Gasteiger partial charge in [-0.2, -0.15) is 0 Å². The molecule has 0 spiro atoms. The van der Waals surface area contributed by atoms with Crippen molar-refractivity contribution >= 4 is 5.84 Å². The molecule has 0 amide bonds. The van der Waals surface area contributed by atoms with E-state index >= 15 is 0 Å². The van der Waals surface area contributed by atoms with Gasteiger partial charge in [0.2, 0.25) is 0 Å². The minimum atomic E-state index is -0.389. The molecule has 1 aromatic rings. The minimum absolute atomic E-state index is 0.237. The maximum absolute atomic E-state index is 12.9. The number of halogens is 1. The van der Waals surface area contributed by atoms with Gasteiger partial charge in [0.15, 0.2) is 0 Å². The van der Waals surface area contributed by atoms with Crippen molar-refractivity contribution in [2.45, 2.75) is 33.1 Å². The van der Waals surface area contributed by atoms with Crippen LogP contribution in [0.1, 0.15) is 33.3 Å². The lowest BCUT2D eigenvalue weighted by Gasteiger charge is -2.34. The molecule has 0 aromatic heterocycles. The predicted octanol–water partition coefficient (Wildman–Crippen LogP) is 3.42. The number of nitrogens with zero attached hydrogens (tertiary/aromatic N) is 1. The summed E-state index contributed by atoms with van der Waals surface area (Å²) in [5.74, 6) is 0.341. The summed E-state index contributed by atoms with van der Waals surface area (Å²) in [7, 11) is 0. The Labute approximate surface area is 103 Å². The number of amidine groups is 1. The Balaban J connectivity index is 3.01. The van der Waals surface area contributed by atoms with E-state index in [1.54, 1.807) is 12.1 Å².